The van der Waals surface area contributed by atoms with Crippen LogP contribution in [0.2, 0.25) is 0 Å². The Hall–Kier alpha value is -0.860. The lowest BCUT2D eigenvalue weighted by Gasteiger charge is -2.23. The van der Waals surface area contributed by atoms with E-state index >= 15 is 0 Å². The van der Waals surface area contributed by atoms with Gasteiger partial charge in [-0.25, -0.2) is 0 Å². The minimum atomic E-state index is 0.380. The molecule has 84 valence electrons. The Morgan fingerprint density at radius 3 is 2.27 bits per heavy atom. The lowest BCUT2D eigenvalue weighted by molar-refractivity contribution is 0.465. The Morgan fingerprint density at radius 2 is 1.73 bits per heavy atom. The van der Waals surface area contributed by atoms with Gasteiger partial charge in [-0.05, 0) is 55.5 Å². The van der Waals surface area contributed by atoms with E-state index in [0.29, 0.717) is 24.9 Å². The third-order valence-electron chi connectivity index (χ3n) is 3.45. The molecule has 1 atom stereocenters. The molecule has 0 fully saturated rings. The number of hydrogen-bond acceptors (Lipinski definition) is 2. The van der Waals surface area contributed by atoms with E-state index in [-0.39, 0.29) is 0 Å². The first kappa shape index (κ1) is 12.2. The SMILES string of the molecule is Cc1cccc(C(C)C(CN)CN)c1C. The Kier molecular flexibility index (Phi) is 4.30. The molecule has 0 spiro atoms. The molecule has 1 unspecified atom stereocenters. The van der Waals surface area contributed by atoms with Crippen LogP contribution in [0.5, 0.6) is 0 Å². The van der Waals surface area contributed by atoms with E-state index in [0.717, 1.165) is 0 Å². The Labute approximate surface area is 92.7 Å². The van der Waals surface area contributed by atoms with E-state index in [4.69, 9.17) is 11.5 Å². The summed E-state index contributed by atoms with van der Waals surface area (Å²) in [6, 6.07) is 6.44. The van der Waals surface area contributed by atoms with Crippen molar-refractivity contribution in [3.05, 3.63) is 34.9 Å². The van der Waals surface area contributed by atoms with Gasteiger partial charge >= 0.3 is 0 Å². The minimum absolute atomic E-state index is 0.380. The van der Waals surface area contributed by atoms with Crippen LogP contribution in [0, 0.1) is 19.8 Å². The highest BCUT2D eigenvalue weighted by molar-refractivity contribution is 5.35. The first-order chi connectivity index (χ1) is 7.11. The summed E-state index contributed by atoms with van der Waals surface area (Å²) in [5, 5.41) is 0. The van der Waals surface area contributed by atoms with Crippen molar-refractivity contribution in [3.63, 3.8) is 0 Å². The lowest BCUT2D eigenvalue weighted by Crippen LogP contribution is -2.28. The summed E-state index contributed by atoms with van der Waals surface area (Å²) < 4.78 is 0. The van der Waals surface area contributed by atoms with Gasteiger partial charge in [-0.15, -0.1) is 0 Å². The molecule has 2 heteroatoms. The van der Waals surface area contributed by atoms with Crippen LogP contribution in [-0.4, -0.2) is 13.1 Å². The molecule has 1 aromatic carbocycles. The zero-order chi connectivity index (χ0) is 11.4. The monoisotopic (exact) mass is 206 g/mol. The minimum Gasteiger partial charge on any atom is -0.330 e. The molecule has 0 aliphatic rings. The molecule has 0 heterocycles. The summed E-state index contributed by atoms with van der Waals surface area (Å²) >= 11 is 0. The van der Waals surface area contributed by atoms with E-state index in [1.54, 1.807) is 0 Å². The fourth-order valence-electron chi connectivity index (χ4n) is 2.03. The predicted octanol–water partition coefficient (Wildman–Crippen LogP) is 1.94. The largest absolute Gasteiger partial charge is 0.330 e. The van der Waals surface area contributed by atoms with Gasteiger partial charge < -0.3 is 11.5 Å². The van der Waals surface area contributed by atoms with Crippen LogP contribution in [0.25, 0.3) is 0 Å². The molecule has 4 N–H and O–H groups in total. The molecule has 0 aliphatic carbocycles. The van der Waals surface area contributed by atoms with Gasteiger partial charge in [-0.1, -0.05) is 25.1 Å². The average Bonchev–Trinajstić information content (AvgIpc) is 2.23. The van der Waals surface area contributed by atoms with E-state index < -0.39 is 0 Å². The van der Waals surface area contributed by atoms with Crippen molar-refractivity contribution in [3.8, 4) is 0 Å². The molecule has 0 amide bonds. The number of nitrogens with two attached hydrogens (primary N) is 2. The highest BCUT2D eigenvalue weighted by atomic mass is 14.6. The summed E-state index contributed by atoms with van der Waals surface area (Å²) in [5.41, 5.74) is 15.6. The predicted molar refractivity (Wildman–Crippen MR) is 65.9 cm³/mol. The smallest absolute Gasteiger partial charge is 0.00310 e. The molecule has 0 aliphatic heterocycles. The van der Waals surface area contributed by atoms with Crippen LogP contribution >= 0.6 is 0 Å². The topological polar surface area (TPSA) is 52.0 Å². The third kappa shape index (κ3) is 2.58. The fourth-order valence-corrected chi connectivity index (χ4v) is 2.03. The molecule has 0 bridgehead atoms. The van der Waals surface area contributed by atoms with Crippen molar-refractivity contribution in [2.45, 2.75) is 26.7 Å². The van der Waals surface area contributed by atoms with E-state index in [1.165, 1.54) is 16.7 Å². The highest BCUT2D eigenvalue weighted by Gasteiger charge is 2.17. The van der Waals surface area contributed by atoms with Gasteiger partial charge in [0, 0.05) is 0 Å². The van der Waals surface area contributed by atoms with E-state index in [2.05, 4.69) is 39.0 Å². The summed E-state index contributed by atoms with van der Waals surface area (Å²) in [5.74, 6) is 0.824. The Balaban J connectivity index is 2.99. The molecule has 0 saturated carbocycles. The molecule has 15 heavy (non-hydrogen) atoms. The Bertz CT molecular complexity index is 316. The zero-order valence-electron chi connectivity index (χ0n) is 9.96. The van der Waals surface area contributed by atoms with Gasteiger partial charge in [-0.2, -0.15) is 0 Å². The number of benzene rings is 1. The second-order valence-corrected chi connectivity index (χ2v) is 4.31. The first-order valence-corrected chi connectivity index (χ1v) is 5.58. The van der Waals surface area contributed by atoms with Crippen LogP contribution in [0.1, 0.15) is 29.5 Å². The standard InChI is InChI=1S/C13H22N2/c1-9-5-4-6-13(10(9)2)11(3)12(7-14)8-15/h4-6,11-12H,7-8,14-15H2,1-3H3. The summed E-state index contributed by atoms with van der Waals surface area (Å²) in [6.45, 7) is 7.85. The van der Waals surface area contributed by atoms with Crippen LogP contribution in [0.4, 0.5) is 0 Å². The van der Waals surface area contributed by atoms with E-state index in [1.807, 2.05) is 0 Å². The van der Waals surface area contributed by atoms with Gasteiger partial charge in [0.2, 0.25) is 0 Å². The average molecular weight is 206 g/mol. The summed E-state index contributed by atoms with van der Waals surface area (Å²) in [6.07, 6.45) is 0. The Morgan fingerprint density at radius 1 is 1.13 bits per heavy atom. The summed E-state index contributed by atoms with van der Waals surface area (Å²) in [7, 11) is 0. The van der Waals surface area contributed by atoms with Gasteiger partial charge in [0.15, 0.2) is 0 Å². The van der Waals surface area contributed by atoms with Gasteiger partial charge in [0.1, 0.15) is 0 Å². The maximum atomic E-state index is 5.73. The molecular weight excluding hydrogens is 184 g/mol. The van der Waals surface area contributed by atoms with Crippen molar-refractivity contribution in [1.29, 1.82) is 0 Å². The van der Waals surface area contributed by atoms with Crippen molar-refractivity contribution in [2.75, 3.05) is 13.1 Å². The molecule has 0 saturated heterocycles. The van der Waals surface area contributed by atoms with Crippen LogP contribution in [0.15, 0.2) is 18.2 Å². The van der Waals surface area contributed by atoms with Crippen molar-refractivity contribution in [2.24, 2.45) is 17.4 Å². The quantitative estimate of drug-likeness (QED) is 0.791. The van der Waals surface area contributed by atoms with Crippen LogP contribution in [0.3, 0.4) is 0 Å². The molecule has 2 nitrogen and oxygen atoms in total. The maximum absolute atomic E-state index is 5.73. The second-order valence-electron chi connectivity index (χ2n) is 4.31. The highest BCUT2D eigenvalue weighted by Crippen LogP contribution is 2.27. The van der Waals surface area contributed by atoms with Crippen molar-refractivity contribution < 1.29 is 0 Å². The molecule has 1 rings (SSSR count). The van der Waals surface area contributed by atoms with Crippen LogP contribution in [-0.2, 0) is 0 Å². The van der Waals surface area contributed by atoms with Gasteiger partial charge in [0.05, 0.1) is 0 Å². The molecule has 0 aromatic heterocycles. The van der Waals surface area contributed by atoms with Gasteiger partial charge in [-0.3, -0.25) is 0 Å². The number of hydrogen-bond donors (Lipinski definition) is 2. The van der Waals surface area contributed by atoms with Gasteiger partial charge in [0.25, 0.3) is 0 Å². The third-order valence-corrected chi connectivity index (χ3v) is 3.45. The molecule has 1 aromatic rings. The normalized spacial score (nSPS) is 13.2. The van der Waals surface area contributed by atoms with Crippen LogP contribution < -0.4 is 11.5 Å². The van der Waals surface area contributed by atoms with Crippen molar-refractivity contribution >= 4 is 0 Å². The number of rotatable bonds is 4. The van der Waals surface area contributed by atoms with E-state index in [9.17, 15) is 0 Å². The zero-order valence-corrected chi connectivity index (χ0v) is 9.96. The number of aryl methyl sites for hydroxylation is 1. The first-order valence-electron chi connectivity index (χ1n) is 5.58. The summed E-state index contributed by atoms with van der Waals surface area (Å²) in [4.78, 5) is 0. The fraction of sp³-hybridized carbons (Fsp3) is 0.538. The lowest BCUT2D eigenvalue weighted by atomic mass is 9.84. The maximum Gasteiger partial charge on any atom is -0.00310 e. The molecule has 0 radical (unpaired) electrons. The molecular formula is C13H22N2. The van der Waals surface area contributed by atoms with Crippen molar-refractivity contribution in [1.82, 2.24) is 0 Å². The second kappa shape index (κ2) is 5.29.